The molecule has 0 aromatic carbocycles. The van der Waals surface area contributed by atoms with Crippen molar-refractivity contribution >= 4 is 17.4 Å². The molecule has 0 unspecified atom stereocenters. The highest BCUT2D eigenvalue weighted by atomic mass is 35.5. The van der Waals surface area contributed by atoms with Crippen LogP contribution < -0.4 is 5.32 Å². The Balaban J connectivity index is 2.64. The van der Waals surface area contributed by atoms with Gasteiger partial charge in [0.2, 0.25) is 0 Å². The van der Waals surface area contributed by atoms with E-state index in [-0.39, 0.29) is 5.41 Å². The van der Waals surface area contributed by atoms with E-state index >= 15 is 0 Å². The first kappa shape index (κ1) is 15.2. The van der Waals surface area contributed by atoms with Crippen molar-refractivity contribution < 1.29 is 0 Å². The summed E-state index contributed by atoms with van der Waals surface area (Å²) in [6.07, 6.45) is 5.89. The average molecular weight is 270 g/mol. The number of hydrogen-bond acceptors (Lipinski definition) is 3. The van der Waals surface area contributed by atoms with Crippen molar-refractivity contribution in [2.75, 3.05) is 17.7 Å². The van der Waals surface area contributed by atoms with Crippen molar-refractivity contribution in [2.24, 2.45) is 5.41 Å². The molecule has 0 atom stereocenters. The molecule has 1 aromatic rings. The summed E-state index contributed by atoms with van der Waals surface area (Å²) in [4.78, 5) is 8.52. The number of halogens is 1. The van der Waals surface area contributed by atoms with Gasteiger partial charge in [-0.05, 0) is 19.3 Å². The summed E-state index contributed by atoms with van der Waals surface area (Å²) >= 11 is 6.10. The van der Waals surface area contributed by atoms with Crippen molar-refractivity contribution in [3.63, 3.8) is 0 Å². The molecule has 102 valence electrons. The minimum atomic E-state index is 0.164. The van der Waals surface area contributed by atoms with Gasteiger partial charge in [0.1, 0.15) is 12.1 Å². The quantitative estimate of drug-likeness (QED) is 0.728. The van der Waals surface area contributed by atoms with Gasteiger partial charge in [0, 0.05) is 29.6 Å². The summed E-state index contributed by atoms with van der Waals surface area (Å²) in [7, 11) is 0. The zero-order valence-corrected chi connectivity index (χ0v) is 12.4. The van der Waals surface area contributed by atoms with Gasteiger partial charge in [0.25, 0.3) is 0 Å². The summed E-state index contributed by atoms with van der Waals surface area (Å²) in [5.41, 5.74) is 1.26. The average Bonchev–Trinajstić information content (AvgIpc) is 2.42. The third-order valence-corrected chi connectivity index (χ3v) is 4.22. The lowest BCUT2D eigenvalue weighted by molar-refractivity contribution is 0.326. The van der Waals surface area contributed by atoms with Gasteiger partial charge in [-0.3, -0.25) is 0 Å². The number of aromatic nitrogens is 2. The second-order valence-electron chi connectivity index (χ2n) is 4.84. The monoisotopic (exact) mass is 269 g/mol. The first-order valence-electron chi connectivity index (χ1n) is 6.80. The van der Waals surface area contributed by atoms with Crippen LogP contribution in [-0.2, 0) is 6.42 Å². The Hall–Kier alpha value is -0.830. The maximum atomic E-state index is 6.10. The SMILES string of the molecule is CCCc1cc(NCC(CC)(CC)CCl)ncn1. The van der Waals surface area contributed by atoms with Gasteiger partial charge in [-0.1, -0.05) is 27.2 Å². The molecule has 0 amide bonds. The molecule has 0 radical (unpaired) electrons. The van der Waals surface area contributed by atoms with Crippen LogP contribution in [0.1, 0.15) is 45.7 Å². The molecule has 0 aliphatic rings. The Kier molecular flexibility index (Phi) is 6.41. The van der Waals surface area contributed by atoms with Crippen LogP contribution in [0.2, 0.25) is 0 Å². The summed E-state index contributed by atoms with van der Waals surface area (Å²) in [6.45, 7) is 7.40. The number of anilines is 1. The topological polar surface area (TPSA) is 37.8 Å². The van der Waals surface area contributed by atoms with E-state index in [0.717, 1.165) is 43.7 Å². The van der Waals surface area contributed by atoms with Crippen molar-refractivity contribution in [3.05, 3.63) is 18.1 Å². The zero-order chi connectivity index (χ0) is 13.4. The van der Waals surface area contributed by atoms with Gasteiger partial charge in [-0.25, -0.2) is 9.97 Å². The van der Waals surface area contributed by atoms with Gasteiger partial charge in [-0.2, -0.15) is 0 Å². The molecule has 0 saturated heterocycles. The van der Waals surface area contributed by atoms with Crippen LogP contribution in [0, 0.1) is 5.41 Å². The van der Waals surface area contributed by atoms with Gasteiger partial charge in [-0.15, -0.1) is 11.6 Å². The Morgan fingerprint density at radius 2 is 1.94 bits per heavy atom. The standard InChI is InChI=1S/C14H24ClN3/c1-4-7-12-8-13(18-11-17-12)16-10-14(5-2,6-3)9-15/h8,11H,4-7,9-10H2,1-3H3,(H,16,17,18). The highest BCUT2D eigenvalue weighted by Gasteiger charge is 2.24. The van der Waals surface area contributed by atoms with E-state index in [0.29, 0.717) is 5.88 Å². The fourth-order valence-corrected chi connectivity index (χ4v) is 2.37. The van der Waals surface area contributed by atoms with Gasteiger partial charge in [0.15, 0.2) is 0 Å². The normalized spacial score (nSPS) is 11.6. The molecule has 0 aliphatic carbocycles. The van der Waals surface area contributed by atoms with E-state index in [4.69, 9.17) is 11.6 Å². The fourth-order valence-electron chi connectivity index (χ4n) is 1.90. The van der Waals surface area contributed by atoms with Crippen molar-refractivity contribution in [3.8, 4) is 0 Å². The smallest absolute Gasteiger partial charge is 0.129 e. The molecule has 0 saturated carbocycles. The summed E-state index contributed by atoms with van der Waals surface area (Å²) in [5, 5.41) is 3.40. The first-order valence-corrected chi connectivity index (χ1v) is 7.34. The van der Waals surface area contributed by atoms with Crippen molar-refractivity contribution in [1.82, 2.24) is 9.97 Å². The molecule has 0 bridgehead atoms. The predicted molar refractivity (Wildman–Crippen MR) is 78.3 cm³/mol. The van der Waals surface area contributed by atoms with E-state index < -0.39 is 0 Å². The second kappa shape index (κ2) is 7.57. The van der Waals surface area contributed by atoms with E-state index in [1.54, 1.807) is 6.33 Å². The number of nitrogens with zero attached hydrogens (tertiary/aromatic N) is 2. The van der Waals surface area contributed by atoms with Crippen molar-refractivity contribution in [2.45, 2.75) is 46.5 Å². The molecule has 1 aromatic heterocycles. The highest BCUT2D eigenvalue weighted by Crippen LogP contribution is 2.28. The molecular formula is C14H24ClN3. The summed E-state index contributed by atoms with van der Waals surface area (Å²) in [5.74, 6) is 1.59. The fraction of sp³-hybridized carbons (Fsp3) is 0.714. The number of hydrogen-bond donors (Lipinski definition) is 1. The third-order valence-electron chi connectivity index (χ3n) is 3.66. The Morgan fingerprint density at radius 3 is 2.50 bits per heavy atom. The van der Waals surface area contributed by atoms with Gasteiger partial charge in [0.05, 0.1) is 0 Å². The van der Waals surface area contributed by atoms with E-state index in [1.165, 1.54) is 0 Å². The molecule has 0 aliphatic heterocycles. The van der Waals surface area contributed by atoms with Crippen LogP contribution >= 0.6 is 11.6 Å². The third kappa shape index (κ3) is 4.13. The van der Waals surface area contributed by atoms with Crippen LogP contribution in [0.3, 0.4) is 0 Å². The molecular weight excluding hydrogens is 246 g/mol. The molecule has 4 heteroatoms. The Labute approximate surface area is 115 Å². The van der Waals surface area contributed by atoms with E-state index in [9.17, 15) is 0 Å². The number of alkyl halides is 1. The van der Waals surface area contributed by atoms with Crippen LogP contribution in [-0.4, -0.2) is 22.4 Å². The van der Waals surface area contributed by atoms with Gasteiger partial charge >= 0.3 is 0 Å². The molecule has 3 nitrogen and oxygen atoms in total. The first-order chi connectivity index (χ1) is 8.69. The zero-order valence-electron chi connectivity index (χ0n) is 11.7. The van der Waals surface area contributed by atoms with Crippen LogP contribution in [0.4, 0.5) is 5.82 Å². The largest absolute Gasteiger partial charge is 0.369 e. The minimum Gasteiger partial charge on any atom is -0.369 e. The lowest BCUT2D eigenvalue weighted by Gasteiger charge is -2.29. The van der Waals surface area contributed by atoms with E-state index in [1.807, 2.05) is 6.07 Å². The van der Waals surface area contributed by atoms with Crippen LogP contribution in [0.25, 0.3) is 0 Å². The number of aryl methyl sites for hydroxylation is 1. The molecule has 1 N–H and O–H groups in total. The Morgan fingerprint density at radius 1 is 1.22 bits per heavy atom. The lowest BCUT2D eigenvalue weighted by atomic mass is 9.84. The highest BCUT2D eigenvalue weighted by molar-refractivity contribution is 6.18. The van der Waals surface area contributed by atoms with E-state index in [2.05, 4.69) is 36.1 Å². The predicted octanol–water partition coefficient (Wildman–Crippen LogP) is 3.89. The number of rotatable bonds is 8. The van der Waals surface area contributed by atoms with Crippen molar-refractivity contribution in [1.29, 1.82) is 0 Å². The summed E-state index contributed by atoms with van der Waals surface area (Å²) < 4.78 is 0. The maximum absolute atomic E-state index is 6.10. The lowest BCUT2D eigenvalue weighted by Crippen LogP contribution is -2.30. The van der Waals surface area contributed by atoms with Crippen LogP contribution in [0.5, 0.6) is 0 Å². The summed E-state index contributed by atoms with van der Waals surface area (Å²) in [6, 6.07) is 2.04. The molecule has 0 fully saturated rings. The van der Waals surface area contributed by atoms with Gasteiger partial charge < -0.3 is 5.32 Å². The minimum absolute atomic E-state index is 0.164. The molecule has 1 rings (SSSR count). The number of nitrogens with one attached hydrogen (secondary N) is 1. The molecule has 0 spiro atoms. The molecule has 1 heterocycles. The maximum Gasteiger partial charge on any atom is 0.129 e. The molecule has 18 heavy (non-hydrogen) atoms. The van der Waals surface area contributed by atoms with Crippen LogP contribution in [0.15, 0.2) is 12.4 Å². The second-order valence-corrected chi connectivity index (χ2v) is 5.11. The Bertz CT molecular complexity index is 342.